The maximum atomic E-state index is 12.7. The highest BCUT2D eigenvalue weighted by Gasteiger charge is 2.48. The van der Waals surface area contributed by atoms with Crippen LogP contribution in [0.3, 0.4) is 0 Å². The van der Waals surface area contributed by atoms with E-state index in [0.717, 1.165) is 24.3 Å². The number of rotatable bonds is 10. The van der Waals surface area contributed by atoms with Crippen LogP contribution in [0.15, 0.2) is 48.5 Å². The van der Waals surface area contributed by atoms with Crippen molar-refractivity contribution in [3.8, 4) is 0 Å². The Morgan fingerprint density at radius 2 is 1.03 bits per heavy atom. The first kappa shape index (κ1) is 29.3. The molecule has 1 heterocycles. The Balaban J connectivity index is 1.50. The van der Waals surface area contributed by atoms with Crippen LogP contribution in [0.4, 0.5) is 26.3 Å². The maximum absolute atomic E-state index is 12.7. The average Bonchev–Trinajstić information content (AvgIpc) is 3.14. The minimum absolute atomic E-state index is 0.0599. The van der Waals surface area contributed by atoms with E-state index in [-0.39, 0.29) is 26.4 Å². The molecule has 2 aromatic rings. The molecule has 0 spiro atoms. The van der Waals surface area contributed by atoms with Gasteiger partial charge in [-0.05, 0) is 49.2 Å². The molecule has 1 aliphatic rings. The van der Waals surface area contributed by atoms with E-state index in [9.17, 15) is 36.6 Å². The lowest BCUT2D eigenvalue weighted by atomic mass is 10.0. The van der Waals surface area contributed by atoms with Gasteiger partial charge in [-0.1, -0.05) is 24.3 Å². The van der Waals surface area contributed by atoms with Gasteiger partial charge in [-0.3, -0.25) is 0 Å². The van der Waals surface area contributed by atoms with E-state index in [4.69, 9.17) is 18.9 Å². The Bertz CT molecular complexity index is 911. The Labute approximate surface area is 209 Å². The molecular formula is C25H28F6O6. The van der Waals surface area contributed by atoms with Crippen molar-refractivity contribution in [1.82, 2.24) is 0 Å². The first-order valence-corrected chi connectivity index (χ1v) is 11.4. The number of aliphatic hydroxyl groups excluding tert-OH is 2. The van der Waals surface area contributed by atoms with Crippen molar-refractivity contribution in [2.24, 2.45) is 0 Å². The quantitative estimate of drug-likeness (QED) is 0.428. The molecule has 6 nitrogen and oxygen atoms in total. The lowest BCUT2D eigenvalue weighted by molar-refractivity contribution is -0.165. The van der Waals surface area contributed by atoms with Gasteiger partial charge in [0.05, 0.1) is 37.6 Å². The summed E-state index contributed by atoms with van der Waals surface area (Å²) < 4.78 is 98.3. The molecule has 1 fully saturated rings. The van der Waals surface area contributed by atoms with Crippen LogP contribution in [-0.2, 0) is 44.5 Å². The molecule has 37 heavy (non-hydrogen) atoms. The second-order valence-electron chi connectivity index (χ2n) is 9.12. The molecule has 0 radical (unpaired) electrons. The van der Waals surface area contributed by atoms with Crippen LogP contribution < -0.4 is 0 Å². The van der Waals surface area contributed by atoms with Crippen molar-refractivity contribution in [1.29, 1.82) is 0 Å². The number of hydrogen-bond acceptors (Lipinski definition) is 6. The highest BCUT2D eigenvalue weighted by atomic mass is 19.4. The molecule has 0 saturated carbocycles. The molecule has 4 atom stereocenters. The lowest BCUT2D eigenvalue weighted by Crippen LogP contribution is -2.45. The second kappa shape index (κ2) is 11.7. The second-order valence-corrected chi connectivity index (χ2v) is 9.12. The summed E-state index contributed by atoms with van der Waals surface area (Å²) in [6, 6.07) is 8.82. The van der Waals surface area contributed by atoms with Gasteiger partial charge in [0, 0.05) is 0 Å². The molecule has 2 N–H and O–H groups in total. The first-order valence-electron chi connectivity index (χ1n) is 11.4. The van der Waals surface area contributed by atoms with Gasteiger partial charge in [0.2, 0.25) is 0 Å². The van der Waals surface area contributed by atoms with E-state index in [1.165, 1.54) is 24.3 Å². The van der Waals surface area contributed by atoms with Gasteiger partial charge in [0.1, 0.15) is 24.4 Å². The summed E-state index contributed by atoms with van der Waals surface area (Å²) in [5.41, 5.74) is -0.630. The molecule has 0 unspecified atom stereocenters. The third-order valence-electron chi connectivity index (χ3n) is 5.60. The van der Waals surface area contributed by atoms with E-state index in [1.807, 2.05) is 0 Å². The largest absolute Gasteiger partial charge is 0.416 e. The standard InChI is InChI=1S/C25H28F6O6/c1-23(2)36-21(19(32)13-34-11-15-3-7-17(8-4-15)24(26,27)28)22(37-23)20(33)14-35-12-16-5-9-18(10-6-16)25(29,30)31/h3-10,19-22,32-33H,11-14H2,1-2H3/t19-,20-,21-,22-/m1/s1. The smallest absolute Gasteiger partial charge is 0.388 e. The Morgan fingerprint density at radius 3 is 1.32 bits per heavy atom. The zero-order valence-electron chi connectivity index (χ0n) is 20.1. The van der Waals surface area contributed by atoms with Crippen LogP contribution in [0.25, 0.3) is 0 Å². The number of alkyl halides is 6. The van der Waals surface area contributed by atoms with Crippen LogP contribution in [0.1, 0.15) is 36.1 Å². The molecule has 1 aliphatic heterocycles. The van der Waals surface area contributed by atoms with Gasteiger partial charge in [-0.2, -0.15) is 26.3 Å². The molecular weight excluding hydrogens is 510 g/mol. The SMILES string of the molecule is CC1(C)O[C@H]([C@H](O)COCc2ccc(C(F)(F)F)cc2)[C@@H]([C@H](O)COCc2ccc(C(F)(F)F)cc2)O1. The number of aliphatic hydroxyl groups is 2. The summed E-state index contributed by atoms with van der Waals surface area (Å²) in [6.07, 6.45) is -13.4. The van der Waals surface area contributed by atoms with Gasteiger partial charge < -0.3 is 29.2 Å². The van der Waals surface area contributed by atoms with Crippen molar-refractivity contribution in [3.05, 3.63) is 70.8 Å². The van der Waals surface area contributed by atoms with Gasteiger partial charge in [0.25, 0.3) is 0 Å². The average molecular weight is 538 g/mol. The zero-order valence-corrected chi connectivity index (χ0v) is 20.1. The van der Waals surface area contributed by atoms with Gasteiger partial charge in [-0.15, -0.1) is 0 Å². The molecule has 12 heteroatoms. The van der Waals surface area contributed by atoms with Gasteiger partial charge in [0.15, 0.2) is 5.79 Å². The van der Waals surface area contributed by atoms with Crippen LogP contribution in [-0.4, -0.2) is 53.6 Å². The molecule has 1 saturated heterocycles. The van der Waals surface area contributed by atoms with Crippen molar-refractivity contribution >= 4 is 0 Å². The third-order valence-corrected chi connectivity index (χ3v) is 5.60. The summed E-state index contributed by atoms with van der Waals surface area (Å²) in [7, 11) is 0. The highest BCUT2D eigenvalue weighted by Crippen LogP contribution is 2.33. The summed E-state index contributed by atoms with van der Waals surface area (Å²) in [5, 5.41) is 21.2. The molecule has 0 bridgehead atoms. The van der Waals surface area contributed by atoms with E-state index < -0.39 is 53.7 Å². The number of benzene rings is 2. The van der Waals surface area contributed by atoms with Crippen molar-refractivity contribution < 1.29 is 55.5 Å². The fourth-order valence-corrected chi connectivity index (χ4v) is 3.78. The van der Waals surface area contributed by atoms with Gasteiger partial charge >= 0.3 is 12.4 Å². The Morgan fingerprint density at radius 1 is 0.703 bits per heavy atom. The summed E-state index contributed by atoms with van der Waals surface area (Å²) >= 11 is 0. The van der Waals surface area contributed by atoms with E-state index in [0.29, 0.717) is 11.1 Å². The van der Waals surface area contributed by atoms with Crippen molar-refractivity contribution in [2.75, 3.05) is 13.2 Å². The fourth-order valence-electron chi connectivity index (χ4n) is 3.78. The van der Waals surface area contributed by atoms with Crippen LogP contribution in [0.2, 0.25) is 0 Å². The van der Waals surface area contributed by atoms with E-state index >= 15 is 0 Å². The lowest BCUT2D eigenvalue weighted by Gasteiger charge is -2.25. The molecule has 0 aromatic heterocycles. The highest BCUT2D eigenvalue weighted by molar-refractivity contribution is 5.25. The van der Waals surface area contributed by atoms with E-state index in [1.54, 1.807) is 13.8 Å². The Hall–Kier alpha value is -2.22. The van der Waals surface area contributed by atoms with E-state index in [2.05, 4.69) is 0 Å². The number of ether oxygens (including phenoxy) is 4. The van der Waals surface area contributed by atoms with Crippen LogP contribution in [0, 0.1) is 0 Å². The van der Waals surface area contributed by atoms with Crippen LogP contribution in [0.5, 0.6) is 0 Å². The summed E-state index contributed by atoms with van der Waals surface area (Å²) in [6.45, 7) is 2.56. The monoisotopic (exact) mass is 538 g/mol. The minimum atomic E-state index is -4.44. The summed E-state index contributed by atoms with van der Waals surface area (Å²) in [5.74, 6) is -1.14. The fraction of sp³-hybridized carbons (Fsp3) is 0.520. The maximum Gasteiger partial charge on any atom is 0.416 e. The van der Waals surface area contributed by atoms with Crippen LogP contribution >= 0.6 is 0 Å². The third kappa shape index (κ3) is 8.39. The predicted molar refractivity (Wildman–Crippen MR) is 118 cm³/mol. The normalized spacial score (nSPS) is 21.7. The zero-order chi connectivity index (χ0) is 27.4. The molecule has 206 valence electrons. The summed E-state index contributed by atoms with van der Waals surface area (Å²) in [4.78, 5) is 0. The minimum Gasteiger partial charge on any atom is -0.388 e. The molecule has 0 aliphatic carbocycles. The Kier molecular flexibility index (Phi) is 9.25. The molecule has 2 aromatic carbocycles. The predicted octanol–water partition coefficient (Wildman–Crippen LogP) is 4.70. The topological polar surface area (TPSA) is 77.4 Å². The van der Waals surface area contributed by atoms with Gasteiger partial charge in [-0.25, -0.2) is 0 Å². The molecule has 3 rings (SSSR count). The first-order chi connectivity index (χ1) is 17.2. The molecule has 0 amide bonds. The van der Waals surface area contributed by atoms with Crippen molar-refractivity contribution in [3.63, 3.8) is 0 Å². The number of hydrogen-bond donors (Lipinski definition) is 2. The van der Waals surface area contributed by atoms with Crippen molar-refractivity contribution in [2.45, 2.75) is 69.6 Å². The number of halogens is 6.